The van der Waals surface area contributed by atoms with Gasteiger partial charge in [0, 0.05) is 32.5 Å². The summed E-state index contributed by atoms with van der Waals surface area (Å²) in [5, 5.41) is 0. The summed E-state index contributed by atoms with van der Waals surface area (Å²) in [4.78, 5) is 13.5. The molecule has 0 N–H and O–H groups in total. The molecule has 0 aliphatic rings. The van der Waals surface area contributed by atoms with Crippen molar-refractivity contribution in [2.75, 3.05) is 13.7 Å². The topological polar surface area (TPSA) is 52.8 Å². The predicted octanol–water partition coefficient (Wildman–Crippen LogP) is 2.39. The van der Waals surface area contributed by atoms with Crippen LogP contribution in [0.3, 0.4) is 0 Å². The summed E-state index contributed by atoms with van der Waals surface area (Å²) in [5.74, 6) is 1.82. The molecule has 0 amide bonds. The number of hydrogen-bond acceptors (Lipinski definition) is 4. The van der Waals surface area contributed by atoms with Crippen LogP contribution in [0, 0.1) is 0 Å². The molecule has 0 saturated heterocycles. The van der Waals surface area contributed by atoms with Crippen LogP contribution in [-0.4, -0.2) is 33.2 Å². The lowest BCUT2D eigenvalue weighted by Gasteiger charge is -2.07. The minimum absolute atomic E-state index is 0.721. The Kier molecular flexibility index (Phi) is 3.69. The van der Waals surface area contributed by atoms with Crippen molar-refractivity contribution >= 4 is 11.2 Å². The minimum Gasteiger partial charge on any atom is -0.385 e. The Morgan fingerprint density at radius 1 is 1.10 bits per heavy atom. The van der Waals surface area contributed by atoms with Crippen LogP contribution in [0.4, 0.5) is 0 Å². The molecule has 3 aromatic rings. The van der Waals surface area contributed by atoms with Gasteiger partial charge in [-0.1, -0.05) is 6.07 Å². The minimum atomic E-state index is 0.721. The number of aromatic nitrogens is 4. The molecule has 0 saturated carbocycles. The van der Waals surface area contributed by atoms with Crippen LogP contribution in [0.1, 0.15) is 12.2 Å². The van der Waals surface area contributed by atoms with Gasteiger partial charge in [0.15, 0.2) is 5.65 Å². The lowest BCUT2D eigenvalue weighted by molar-refractivity contribution is 0.194. The summed E-state index contributed by atoms with van der Waals surface area (Å²) in [6, 6.07) is 9.71. The Morgan fingerprint density at radius 2 is 2.00 bits per heavy atom. The molecule has 0 fully saturated rings. The highest BCUT2D eigenvalue weighted by Gasteiger charge is 2.13. The molecule has 0 atom stereocenters. The molecule has 3 aromatic heterocycles. The Morgan fingerprint density at radius 3 is 2.80 bits per heavy atom. The van der Waals surface area contributed by atoms with E-state index in [1.165, 1.54) is 0 Å². The van der Waals surface area contributed by atoms with Gasteiger partial charge in [-0.3, -0.25) is 4.57 Å². The van der Waals surface area contributed by atoms with Gasteiger partial charge in [-0.2, -0.15) is 0 Å². The lowest BCUT2D eigenvalue weighted by Crippen LogP contribution is -2.05. The summed E-state index contributed by atoms with van der Waals surface area (Å²) < 4.78 is 7.13. The van der Waals surface area contributed by atoms with Gasteiger partial charge in [0.25, 0.3) is 0 Å². The Labute approximate surface area is 117 Å². The first-order chi connectivity index (χ1) is 9.90. The molecule has 5 nitrogen and oxygen atoms in total. The second-order valence-electron chi connectivity index (χ2n) is 4.49. The predicted molar refractivity (Wildman–Crippen MR) is 76.9 cm³/mol. The van der Waals surface area contributed by atoms with Gasteiger partial charge in [-0.25, -0.2) is 15.0 Å². The second-order valence-corrected chi connectivity index (χ2v) is 4.49. The first-order valence-corrected chi connectivity index (χ1v) is 6.63. The smallest absolute Gasteiger partial charge is 0.165 e. The Hall–Kier alpha value is -2.27. The molecule has 20 heavy (non-hydrogen) atoms. The van der Waals surface area contributed by atoms with Crippen LogP contribution in [0.5, 0.6) is 0 Å². The van der Waals surface area contributed by atoms with Crippen LogP contribution in [-0.2, 0) is 11.2 Å². The molecule has 0 radical (unpaired) electrons. The maximum Gasteiger partial charge on any atom is 0.165 e. The van der Waals surface area contributed by atoms with Crippen LogP contribution < -0.4 is 0 Å². The summed E-state index contributed by atoms with van der Waals surface area (Å²) in [7, 11) is 1.71. The molecule has 0 aromatic carbocycles. The molecule has 3 rings (SSSR count). The maximum atomic E-state index is 5.11. The third-order valence-corrected chi connectivity index (χ3v) is 3.11. The van der Waals surface area contributed by atoms with E-state index < -0.39 is 0 Å². The molecule has 0 aliphatic carbocycles. The highest BCUT2D eigenvalue weighted by Crippen LogP contribution is 2.19. The largest absolute Gasteiger partial charge is 0.385 e. The number of imidazole rings is 1. The molecular weight excluding hydrogens is 252 g/mol. The lowest BCUT2D eigenvalue weighted by atomic mass is 10.3. The van der Waals surface area contributed by atoms with Crippen molar-refractivity contribution in [3.63, 3.8) is 0 Å². The first-order valence-electron chi connectivity index (χ1n) is 6.63. The number of rotatable bonds is 5. The van der Waals surface area contributed by atoms with Gasteiger partial charge in [0.1, 0.15) is 17.2 Å². The monoisotopic (exact) mass is 268 g/mol. The van der Waals surface area contributed by atoms with E-state index >= 15 is 0 Å². The van der Waals surface area contributed by atoms with Gasteiger partial charge in [-0.15, -0.1) is 0 Å². The van der Waals surface area contributed by atoms with E-state index in [4.69, 9.17) is 4.74 Å². The molecule has 0 spiro atoms. The van der Waals surface area contributed by atoms with E-state index in [0.717, 1.165) is 42.3 Å². The average molecular weight is 268 g/mol. The van der Waals surface area contributed by atoms with Gasteiger partial charge >= 0.3 is 0 Å². The molecule has 0 unspecified atom stereocenters. The SMILES string of the molecule is COCCCc1nc2cccnc2n1-c1ccccn1. The zero-order chi connectivity index (χ0) is 13.8. The molecule has 0 bridgehead atoms. The van der Waals surface area contributed by atoms with Crippen molar-refractivity contribution in [3.8, 4) is 5.82 Å². The van der Waals surface area contributed by atoms with Crippen LogP contribution in [0.2, 0.25) is 0 Å². The fourth-order valence-corrected chi connectivity index (χ4v) is 2.23. The van der Waals surface area contributed by atoms with Crippen molar-refractivity contribution in [1.29, 1.82) is 0 Å². The Balaban J connectivity index is 2.09. The zero-order valence-electron chi connectivity index (χ0n) is 11.4. The zero-order valence-corrected chi connectivity index (χ0v) is 11.4. The summed E-state index contributed by atoms with van der Waals surface area (Å²) in [5.41, 5.74) is 1.74. The number of ether oxygens (including phenoxy) is 1. The van der Waals surface area contributed by atoms with Crippen molar-refractivity contribution in [1.82, 2.24) is 19.5 Å². The van der Waals surface area contributed by atoms with Crippen LogP contribution in [0.15, 0.2) is 42.7 Å². The third kappa shape index (κ3) is 2.40. The number of fused-ring (bicyclic) bond motifs is 1. The van der Waals surface area contributed by atoms with E-state index in [2.05, 4.69) is 15.0 Å². The van der Waals surface area contributed by atoms with E-state index in [0.29, 0.717) is 0 Å². The second kappa shape index (κ2) is 5.79. The summed E-state index contributed by atoms with van der Waals surface area (Å²) in [6.45, 7) is 0.721. The number of pyridine rings is 2. The van der Waals surface area contributed by atoms with Crippen molar-refractivity contribution < 1.29 is 4.74 Å². The maximum absolute atomic E-state index is 5.11. The van der Waals surface area contributed by atoms with Gasteiger partial charge in [0.05, 0.1) is 0 Å². The van der Waals surface area contributed by atoms with E-state index in [9.17, 15) is 0 Å². The van der Waals surface area contributed by atoms with Gasteiger partial charge in [0.2, 0.25) is 0 Å². The highest BCUT2D eigenvalue weighted by atomic mass is 16.5. The van der Waals surface area contributed by atoms with Crippen molar-refractivity contribution in [2.45, 2.75) is 12.8 Å². The first kappa shape index (κ1) is 12.7. The van der Waals surface area contributed by atoms with Crippen molar-refractivity contribution in [3.05, 3.63) is 48.5 Å². The number of hydrogen-bond donors (Lipinski definition) is 0. The standard InChI is InChI=1S/C15H16N4O/c1-20-11-5-8-14-18-12-6-4-10-17-15(12)19(14)13-7-2-3-9-16-13/h2-4,6-7,9-10H,5,8,11H2,1H3. The fourth-order valence-electron chi connectivity index (χ4n) is 2.23. The summed E-state index contributed by atoms with van der Waals surface area (Å²) in [6.07, 6.45) is 5.32. The number of nitrogens with zero attached hydrogens (tertiary/aromatic N) is 4. The Bertz CT molecular complexity index is 693. The van der Waals surface area contributed by atoms with Crippen molar-refractivity contribution in [2.24, 2.45) is 0 Å². The molecular formula is C15H16N4O. The average Bonchev–Trinajstić information content (AvgIpc) is 2.86. The highest BCUT2D eigenvalue weighted by molar-refractivity contribution is 5.73. The van der Waals surface area contributed by atoms with E-state index in [1.807, 2.05) is 34.9 Å². The van der Waals surface area contributed by atoms with Gasteiger partial charge in [-0.05, 0) is 30.7 Å². The van der Waals surface area contributed by atoms with E-state index in [-0.39, 0.29) is 0 Å². The normalized spacial score (nSPS) is 11.1. The summed E-state index contributed by atoms with van der Waals surface area (Å²) >= 11 is 0. The molecule has 102 valence electrons. The number of methoxy groups -OCH3 is 1. The quantitative estimate of drug-likeness (QED) is 0.667. The van der Waals surface area contributed by atoms with Crippen LogP contribution in [0.25, 0.3) is 17.0 Å². The number of aryl methyl sites for hydroxylation is 1. The fraction of sp³-hybridized carbons (Fsp3) is 0.267. The van der Waals surface area contributed by atoms with Crippen LogP contribution >= 0.6 is 0 Å². The van der Waals surface area contributed by atoms with Gasteiger partial charge < -0.3 is 4.74 Å². The third-order valence-electron chi connectivity index (χ3n) is 3.11. The molecule has 5 heteroatoms. The molecule has 0 aliphatic heterocycles. The molecule has 3 heterocycles. The van der Waals surface area contributed by atoms with E-state index in [1.54, 1.807) is 19.5 Å².